The summed E-state index contributed by atoms with van der Waals surface area (Å²) in [5.41, 5.74) is 2.47. The average molecular weight is 413 g/mol. The quantitative estimate of drug-likeness (QED) is 0.193. The number of unbranched alkanes of at least 4 members (excludes halogenated alkanes) is 6. The molecular formula is C27H40O3. The second-order valence-electron chi connectivity index (χ2n) is 7.32. The molecule has 2 aromatic carbocycles. The maximum atomic E-state index is 5.24. The highest BCUT2D eigenvalue weighted by Gasteiger charge is 2.28. The fourth-order valence-corrected chi connectivity index (χ4v) is 3.18. The zero-order valence-corrected chi connectivity index (χ0v) is 19.3. The fraction of sp³-hybridized carbons (Fsp3) is 0.481. The molecule has 0 amide bonds. The summed E-state index contributed by atoms with van der Waals surface area (Å²) in [5, 5.41) is 0. The molecule has 0 fully saturated rings. The van der Waals surface area contributed by atoms with Crippen LogP contribution >= 0.6 is 0 Å². The van der Waals surface area contributed by atoms with Gasteiger partial charge in [0, 0.05) is 27.8 Å². The lowest BCUT2D eigenvalue weighted by Gasteiger charge is -2.28. The van der Waals surface area contributed by atoms with Crippen molar-refractivity contribution in [3.63, 3.8) is 0 Å². The molecule has 0 radical (unpaired) electrons. The molecule has 0 aliphatic carbocycles. The van der Waals surface area contributed by atoms with Crippen LogP contribution in [0.2, 0.25) is 0 Å². The van der Waals surface area contributed by atoms with Gasteiger partial charge in [0.1, 0.15) is 0 Å². The Labute approximate surface area is 184 Å². The molecule has 166 valence electrons. The molecular weight excluding hydrogens is 372 g/mol. The largest absolute Gasteiger partial charge is 0.331 e. The molecule has 0 saturated carbocycles. The normalized spacial score (nSPS) is 11.3. The van der Waals surface area contributed by atoms with E-state index in [1.54, 1.807) is 21.3 Å². The molecule has 2 aromatic rings. The van der Waals surface area contributed by atoms with Crippen molar-refractivity contribution in [1.82, 2.24) is 0 Å². The zero-order valence-electron chi connectivity index (χ0n) is 19.3. The summed E-state index contributed by atoms with van der Waals surface area (Å²) >= 11 is 0. The summed E-state index contributed by atoms with van der Waals surface area (Å²) in [5.74, 6) is -0.830. The topological polar surface area (TPSA) is 27.7 Å². The minimum absolute atomic E-state index is 0.796. The summed E-state index contributed by atoms with van der Waals surface area (Å²) in [4.78, 5) is 0. The average Bonchev–Trinajstić information content (AvgIpc) is 2.82. The van der Waals surface area contributed by atoms with Crippen molar-refractivity contribution in [3.8, 4) is 0 Å². The van der Waals surface area contributed by atoms with Gasteiger partial charge in [0.25, 0.3) is 5.97 Å². The molecule has 0 aliphatic rings. The van der Waals surface area contributed by atoms with Gasteiger partial charge in [-0.15, -0.1) is 0 Å². The highest BCUT2D eigenvalue weighted by molar-refractivity contribution is 5.69. The Morgan fingerprint density at radius 1 is 0.600 bits per heavy atom. The van der Waals surface area contributed by atoms with Crippen LogP contribution in [0.15, 0.2) is 60.7 Å². The Morgan fingerprint density at radius 3 is 1.40 bits per heavy atom. The lowest BCUT2D eigenvalue weighted by molar-refractivity contribution is -0.355. The number of methoxy groups -OCH3 is 3. The summed E-state index contributed by atoms with van der Waals surface area (Å²) in [6.45, 7) is 2.24. The number of benzene rings is 2. The Bertz CT molecular complexity index is 599. The number of hydrogen-bond donors (Lipinski definition) is 0. The first-order valence-electron chi connectivity index (χ1n) is 11.1. The summed E-state index contributed by atoms with van der Waals surface area (Å²) < 4.78 is 15.7. The van der Waals surface area contributed by atoms with E-state index in [1.165, 1.54) is 49.7 Å². The molecule has 0 heterocycles. The number of hydrogen-bond acceptors (Lipinski definition) is 3. The molecule has 3 heteroatoms. The van der Waals surface area contributed by atoms with Crippen molar-refractivity contribution in [1.29, 1.82) is 0 Å². The first-order valence-corrected chi connectivity index (χ1v) is 11.1. The first kappa shape index (κ1) is 26.1. The molecule has 30 heavy (non-hydrogen) atoms. The van der Waals surface area contributed by atoms with Crippen molar-refractivity contribution in [2.24, 2.45) is 0 Å². The van der Waals surface area contributed by atoms with E-state index >= 15 is 0 Å². The second kappa shape index (κ2) is 16.8. The Morgan fingerprint density at radius 2 is 1.00 bits per heavy atom. The molecule has 0 bridgehead atoms. The zero-order chi connectivity index (χ0) is 21.9. The van der Waals surface area contributed by atoms with Gasteiger partial charge in [-0.1, -0.05) is 118 Å². The van der Waals surface area contributed by atoms with Crippen molar-refractivity contribution in [3.05, 3.63) is 71.8 Å². The van der Waals surface area contributed by atoms with Gasteiger partial charge in [-0.3, -0.25) is 0 Å². The minimum atomic E-state index is -0.830. The third-order valence-corrected chi connectivity index (χ3v) is 5.09. The van der Waals surface area contributed by atoms with E-state index in [2.05, 4.69) is 43.3 Å². The van der Waals surface area contributed by atoms with Crippen LogP contribution in [0.3, 0.4) is 0 Å². The van der Waals surface area contributed by atoms with Gasteiger partial charge in [-0.05, 0) is 17.5 Å². The van der Waals surface area contributed by atoms with Gasteiger partial charge < -0.3 is 14.2 Å². The van der Waals surface area contributed by atoms with Crippen molar-refractivity contribution in [2.75, 3.05) is 21.3 Å². The van der Waals surface area contributed by atoms with Gasteiger partial charge >= 0.3 is 0 Å². The van der Waals surface area contributed by atoms with Crippen LogP contribution in [0, 0.1) is 0 Å². The van der Waals surface area contributed by atoms with Gasteiger partial charge in [0.15, 0.2) is 0 Å². The van der Waals surface area contributed by atoms with Crippen molar-refractivity contribution >= 4 is 12.2 Å². The predicted molar refractivity (Wildman–Crippen MR) is 128 cm³/mol. The molecule has 0 N–H and O–H groups in total. The maximum absolute atomic E-state index is 5.24. The SMILES string of the molecule is C(=Cc1ccccc1)c1ccccc1.CCCCCCCCCC(OC)(OC)OC. The van der Waals surface area contributed by atoms with Crippen LogP contribution in [0.1, 0.15) is 69.4 Å². The van der Waals surface area contributed by atoms with Crippen LogP contribution < -0.4 is 0 Å². The first-order chi connectivity index (χ1) is 14.7. The van der Waals surface area contributed by atoms with E-state index in [0.29, 0.717) is 0 Å². The van der Waals surface area contributed by atoms with E-state index in [1.807, 2.05) is 36.4 Å². The lowest BCUT2D eigenvalue weighted by Crippen LogP contribution is -2.35. The molecule has 0 atom stereocenters. The van der Waals surface area contributed by atoms with Gasteiger partial charge in [-0.2, -0.15) is 0 Å². The molecule has 0 unspecified atom stereocenters. The van der Waals surface area contributed by atoms with Crippen LogP contribution in [0.4, 0.5) is 0 Å². The Balaban J connectivity index is 0.000000301. The van der Waals surface area contributed by atoms with Crippen LogP contribution in [-0.2, 0) is 14.2 Å². The molecule has 0 spiro atoms. The minimum Gasteiger partial charge on any atom is -0.331 e. The fourth-order valence-electron chi connectivity index (χ4n) is 3.18. The highest BCUT2D eigenvalue weighted by atomic mass is 16.9. The van der Waals surface area contributed by atoms with Gasteiger partial charge in [0.2, 0.25) is 0 Å². The third-order valence-electron chi connectivity index (χ3n) is 5.09. The number of rotatable bonds is 13. The Hall–Kier alpha value is -1.94. The van der Waals surface area contributed by atoms with E-state index in [-0.39, 0.29) is 0 Å². The van der Waals surface area contributed by atoms with Gasteiger partial charge in [-0.25, -0.2) is 0 Å². The van der Waals surface area contributed by atoms with Crippen LogP contribution in [0.25, 0.3) is 12.2 Å². The maximum Gasteiger partial charge on any atom is 0.282 e. The van der Waals surface area contributed by atoms with Crippen molar-refractivity contribution < 1.29 is 14.2 Å². The standard InChI is InChI=1S/C14H12.C13H28O3/c1-3-7-13(8-4-1)11-12-14-9-5-2-6-10-14;1-5-6-7-8-9-10-11-12-13(14-2,15-3)16-4/h1-12H;5-12H2,1-4H3. The van der Waals surface area contributed by atoms with E-state index in [0.717, 1.165) is 12.8 Å². The smallest absolute Gasteiger partial charge is 0.282 e. The predicted octanol–water partition coefficient (Wildman–Crippen LogP) is 7.58. The van der Waals surface area contributed by atoms with E-state index in [4.69, 9.17) is 14.2 Å². The van der Waals surface area contributed by atoms with Crippen LogP contribution in [0.5, 0.6) is 0 Å². The molecule has 2 rings (SSSR count). The second-order valence-corrected chi connectivity index (χ2v) is 7.32. The van der Waals surface area contributed by atoms with Gasteiger partial charge in [0.05, 0.1) is 0 Å². The summed E-state index contributed by atoms with van der Waals surface area (Å²) in [6, 6.07) is 20.6. The Kier molecular flexibility index (Phi) is 14.6. The number of ether oxygens (including phenoxy) is 3. The monoisotopic (exact) mass is 412 g/mol. The molecule has 3 nitrogen and oxygen atoms in total. The highest BCUT2D eigenvalue weighted by Crippen LogP contribution is 2.21. The third kappa shape index (κ3) is 11.3. The van der Waals surface area contributed by atoms with E-state index < -0.39 is 5.97 Å². The van der Waals surface area contributed by atoms with Crippen LogP contribution in [-0.4, -0.2) is 27.3 Å². The molecule has 0 saturated heterocycles. The lowest BCUT2D eigenvalue weighted by atomic mass is 10.1. The van der Waals surface area contributed by atoms with E-state index in [9.17, 15) is 0 Å². The molecule has 0 aliphatic heterocycles. The van der Waals surface area contributed by atoms with Crippen molar-refractivity contribution in [2.45, 2.75) is 64.3 Å². The molecule has 0 aromatic heterocycles. The summed E-state index contributed by atoms with van der Waals surface area (Å²) in [7, 11) is 4.86. The summed E-state index contributed by atoms with van der Waals surface area (Å²) in [6.07, 6.45) is 14.0.